The van der Waals surface area contributed by atoms with Crippen LogP contribution in [0, 0.1) is 5.92 Å². The Morgan fingerprint density at radius 2 is 1.74 bits per heavy atom. The maximum atomic E-state index is 12.8. The second kappa shape index (κ2) is 17.0. The first-order valence-electron chi connectivity index (χ1n) is 15.1. The Hall–Kier alpha value is -3.39. The number of esters is 1. The van der Waals surface area contributed by atoms with Crippen LogP contribution < -0.4 is 5.32 Å². The molecule has 0 radical (unpaired) electrons. The number of aromatic nitrogens is 3. The monoisotopic (exact) mass is 600 g/mol. The molecule has 0 saturated carbocycles. The molecule has 1 N–H and O–H groups in total. The number of hydrogen-bond acceptors (Lipinski definition) is 10. The minimum absolute atomic E-state index is 0.0505. The molecule has 2 fully saturated rings. The van der Waals surface area contributed by atoms with E-state index < -0.39 is 5.92 Å². The Morgan fingerprint density at radius 3 is 2.44 bits per heavy atom. The van der Waals surface area contributed by atoms with Crippen LogP contribution in [0.2, 0.25) is 0 Å². The molecule has 0 spiro atoms. The lowest BCUT2D eigenvalue weighted by Crippen LogP contribution is -2.37. The van der Waals surface area contributed by atoms with Crippen LogP contribution in [0.4, 0.5) is 0 Å². The summed E-state index contributed by atoms with van der Waals surface area (Å²) in [5.41, 5.74) is 1.35. The number of pyridine rings is 1. The number of nitrogens with zero attached hydrogens (tertiary/aromatic N) is 5. The van der Waals surface area contributed by atoms with Crippen molar-refractivity contribution in [3.05, 3.63) is 48.0 Å². The zero-order valence-electron chi connectivity index (χ0n) is 25.2. The van der Waals surface area contributed by atoms with Crippen LogP contribution in [0.3, 0.4) is 0 Å². The molecule has 4 rings (SSSR count). The van der Waals surface area contributed by atoms with Gasteiger partial charge in [0, 0.05) is 58.2 Å². The summed E-state index contributed by atoms with van der Waals surface area (Å²) >= 11 is 0. The van der Waals surface area contributed by atoms with E-state index in [-0.39, 0.29) is 36.3 Å². The normalized spacial score (nSPS) is 19.6. The topological polar surface area (TPSA) is 137 Å². The standard InChI is InChI=1S/C30H44N6O7/c1-3-43-30(39)24-21-33-36(22-24)25-6-10-35(11-7-25)12-14-41-16-18-42-17-15-40-13-9-32-29(38)26-19-27(37)34(2)28(26)23-5-4-8-31-20-23/h4-5,8,20-22,25-26,28H,3,6-7,9-19H2,1-2H3,(H,32,38)/t26-,28+/m0/s1. The molecule has 2 amide bonds. The molecular weight excluding hydrogens is 556 g/mol. The third-order valence-corrected chi connectivity index (χ3v) is 7.83. The maximum Gasteiger partial charge on any atom is 0.341 e. The van der Waals surface area contributed by atoms with E-state index in [4.69, 9.17) is 18.9 Å². The van der Waals surface area contributed by atoms with Crippen LogP contribution in [-0.4, -0.2) is 122 Å². The minimum atomic E-state index is -0.452. The van der Waals surface area contributed by atoms with Gasteiger partial charge in [-0.25, -0.2) is 4.79 Å². The molecule has 2 aliphatic rings. The van der Waals surface area contributed by atoms with Gasteiger partial charge >= 0.3 is 5.97 Å². The van der Waals surface area contributed by atoms with Crippen molar-refractivity contribution in [2.45, 2.75) is 38.3 Å². The molecule has 43 heavy (non-hydrogen) atoms. The number of rotatable bonds is 17. The lowest BCUT2D eigenvalue weighted by molar-refractivity contribution is -0.128. The first kappa shape index (κ1) is 32.5. The van der Waals surface area contributed by atoms with Gasteiger partial charge in [-0.15, -0.1) is 0 Å². The van der Waals surface area contributed by atoms with Gasteiger partial charge in [-0.3, -0.25) is 19.3 Å². The third-order valence-electron chi connectivity index (χ3n) is 7.83. The molecule has 13 nitrogen and oxygen atoms in total. The summed E-state index contributed by atoms with van der Waals surface area (Å²) in [7, 11) is 1.72. The molecule has 4 heterocycles. The lowest BCUT2D eigenvalue weighted by Gasteiger charge is -2.31. The molecule has 0 aromatic carbocycles. The Balaban J connectivity index is 0.972. The zero-order chi connectivity index (χ0) is 30.4. The van der Waals surface area contributed by atoms with E-state index in [1.54, 1.807) is 43.7 Å². The van der Waals surface area contributed by atoms with Crippen molar-refractivity contribution < 1.29 is 33.3 Å². The van der Waals surface area contributed by atoms with E-state index >= 15 is 0 Å². The first-order chi connectivity index (χ1) is 21.0. The van der Waals surface area contributed by atoms with Crippen LogP contribution in [0.5, 0.6) is 0 Å². The molecule has 0 bridgehead atoms. The molecule has 2 saturated heterocycles. The van der Waals surface area contributed by atoms with Crippen molar-refractivity contribution in [2.75, 3.05) is 79.5 Å². The number of carbonyl (C=O) groups is 3. The number of ether oxygens (including phenoxy) is 4. The predicted octanol–water partition coefficient (Wildman–Crippen LogP) is 1.48. The van der Waals surface area contributed by atoms with Gasteiger partial charge in [-0.1, -0.05) is 6.07 Å². The average molecular weight is 601 g/mol. The maximum absolute atomic E-state index is 12.8. The summed E-state index contributed by atoms with van der Waals surface area (Å²) < 4.78 is 23.8. The van der Waals surface area contributed by atoms with Crippen LogP contribution >= 0.6 is 0 Å². The van der Waals surface area contributed by atoms with Crippen molar-refractivity contribution in [1.82, 2.24) is 29.9 Å². The Morgan fingerprint density at radius 1 is 1.02 bits per heavy atom. The van der Waals surface area contributed by atoms with Gasteiger partial charge in [0.2, 0.25) is 11.8 Å². The molecule has 2 aromatic rings. The summed E-state index contributed by atoms with van der Waals surface area (Å²) in [6.07, 6.45) is 8.86. The van der Waals surface area contributed by atoms with Gasteiger partial charge in [0.1, 0.15) is 0 Å². The van der Waals surface area contributed by atoms with Crippen molar-refractivity contribution in [3.63, 3.8) is 0 Å². The Bertz CT molecular complexity index is 1150. The quantitative estimate of drug-likeness (QED) is 0.210. The van der Waals surface area contributed by atoms with Crippen LogP contribution in [-0.2, 0) is 28.5 Å². The van der Waals surface area contributed by atoms with Crippen molar-refractivity contribution in [3.8, 4) is 0 Å². The van der Waals surface area contributed by atoms with Crippen LogP contribution in [0.1, 0.15) is 54.2 Å². The van der Waals surface area contributed by atoms with E-state index in [0.717, 1.165) is 38.0 Å². The smallest absolute Gasteiger partial charge is 0.341 e. The SMILES string of the molecule is CCOC(=O)c1cnn(C2CCN(CCOCCOCCOCCNC(=O)[C@H]3CC(=O)N(C)[C@@H]3c3cccnc3)CC2)c1. The third kappa shape index (κ3) is 9.55. The zero-order valence-corrected chi connectivity index (χ0v) is 25.2. The van der Waals surface area contributed by atoms with E-state index in [2.05, 4.69) is 20.3 Å². The van der Waals surface area contributed by atoms with E-state index in [0.29, 0.717) is 58.4 Å². The molecule has 0 unspecified atom stereocenters. The van der Waals surface area contributed by atoms with Crippen LogP contribution in [0.15, 0.2) is 36.9 Å². The minimum Gasteiger partial charge on any atom is -0.462 e. The lowest BCUT2D eigenvalue weighted by atomic mass is 9.94. The van der Waals surface area contributed by atoms with Crippen molar-refractivity contribution >= 4 is 17.8 Å². The number of carbonyl (C=O) groups excluding carboxylic acids is 3. The molecule has 2 atom stereocenters. The second-order valence-corrected chi connectivity index (χ2v) is 10.7. The summed E-state index contributed by atoms with van der Waals surface area (Å²) in [5.74, 6) is -0.989. The van der Waals surface area contributed by atoms with Crippen molar-refractivity contribution in [1.29, 1.82) is 0 Å². The highest BCUT2D eigenvalue weighted by Crippen LogP contribution is 2.36. The van der Waals surface area contributed by atoms with Gasteiger partial charge < -0.3 is 34.1 Å². The highest BCUT2D eigenvalue weighted by Gasteiger charge is 2.42. The second-order valence-electron chi connectivity index (χ2n) is 10.7. The van der Waals surface area contributed by atoms with Gasteiger partial charge in [0.15, 0.2) is 0 Å². The van der Waals surface area contributed by atoms with Gasteiger partial charge in [-0.05, 0) is 31.4 Å². The average Bonchev–Trinajstić information content (AvgIpc) is 3.63. The predicted molar refractivity (Wildman–Crippen MR) is 156 cm³/mol. The summed E-state index contributed by atoms with van der Waals surface area (Å²) in [5, 5.41) is 7.25. The van der Waals surface area contributed by atoms with E-state index in [1.165, 1.54) is 0 Å². The Kier molecular flexibility index (Phi) is 12.9. The molecule has 2 aromatic heterocycles. The number of likely N-dealkylation sites (tertiary alicyclic amines) is 2. The van der Waals surface area contributed by atoms with E-state index in [1.807, 2.05) is 16.8 Å². The fraction of sp³-hybridized carbons (Fsp3) is 0.633. The summed E-state index contributed by atoms with van der Waals surface area (Å²) in [6, 6.07) is 3.67. The fourth-order valence-electron chi connectivity index (χ4n) is 5.49. The number of nitrogens with one attached hydrogen (secondary N) is 1. The molecule has 2 aliphatic heterocycles. The summed E-state index contributed by atoms with van der Waals surface area (Å²) in [6.45, 7) is 8.17. The van der Waals surface area contributed by atoms with Crippen molar-refractivity contribution in [2.24, 2.45) is 5.92 Å². The molecular formula is C30H44N6O7. The largest absolute Gasteiger partial charge is 0.462 e. The van der Waals surface area contributed by atoms with Gasteiger partial charge in [0.25, 0.3) is 0 Å². The highest BCUT2D eigenvalue weighted by atomic mass is 16.5. The van der Waals surface area contributed by atoms with Gasteiger partial charge in [-0.2, -0.15) is 5.10 Å². The number of amides is 2. The molecule has 0 aliphatic carbocycles. The van der Waals surface area contributed by atoms with Gasteiger partial charge in [0.05, 0.1) is 76.0 Å². The van der Waals surface area contributed by atoms with Crippen LogP contribution in [0.25, 0.3) is 0 Å². The molecule has 13 heteroatoms. The highest BCUT2D eigenvalue weighted by molar-refractivity contribution is 5.90. The molecule has 236 valence electrons. The first-order valence-corrected chi connectivity index (χ1v) is 15.1. The number of hydrogen-bond donors (Lipinski definition) is 1. The fourth-order valence-corrected chi connectivity index (χ4v) is 5.49. The summed E-state index contributed by atoms with van der Waals surface area (Å²) in [4.78, 5) is 45.0. The Labute approximate surface area is 252 Å². The number of piperidine rings is 1. The van der Waals surface area contributed by atoms with E-state index in [9.17, 15) is 14.4 Å².